The molecule has 5 heteroatoms. The van der Waals surface area contributed by atoms with Crippen LogP contribution in [0, 0.1) is 0 Å². The largest absolute Gasteiger partial charge is 0.397 e. The average Bonchev–Trinajstić information content (AvgIpc) is 2.92. The van der Waals surface area contributed by atoms with E-state index in [1.807, 2.05) is 42.5 Å². The fraction of sp³-hybridized carbons (Fsp3) is 0. The lowest BCUT2D eigenvalue weighted by Crippen LogP contribution is -1.97. The quantitative estimate of drug-likeness (QED) is 0.684. The van der Waals surface area contributed by atoms with Crippen LogP contribution in [-0.4, -0.2) is 10.4 Å². The summed E-state index contributed by atoms with van der Waals surface area (Å²) in [5.41, 5.74) is 15.0. The SMILES string of the molecule is Nc1cccc(-c2nnoc2-c2ccccc2)c1N. The molecule has 2 aromatic carbocycles. The molecule has 3 rings (SSSR count). The first kappa shape index (κ1) is 11.3. The molecule has 0 bridgehead atoms. The molecule has 3 aromatic rings. The number of hydrogen-bond acceptors (Lipinski definition) is 5. The molecule has 0 aliphatic carbocycles. The van der Waals surface area contributed by atoms with Gasteiger partial charge in [-0.15, -0.1) is 5.10 Å². The van der Waals surface area contributed by atoms with Crippen LogP contribution in [0.15, 0.2) is 53.1 Å². The second kappa shape index (κ2) is 4.45. The first-order valence-corrected chi connectivity index (χ1v) is 5.79. The van der Waals surface area contributed by atoms with Crippen LogP contribution < -0.4 is 11.5 Å². The third kappa shape index (κ3) is 1.91. The van der Waals surface area contributed by atoms with Crippen molar-refractivity contribution in [1.82, 2.24) is 10.4 Å². The molecule has 19 heavy (non-hydrogen) atoms. The molecule has 0 atom stereocenters. The Morgan fingerprint density at radius 2 is 1.68 bits per heavy atom. The molecule has 5 nitrogen and oxygen atoms in total. The van der Waals surface area contributed by atoms with E-state index in [4.69, 9.17) is 16.0 Å². The fourth-order valence-electron chi connectivity index (χ4n) is 1.94. The molecule has 0 aliphatic heterocycles. The van der Waals surface area contributed by atoms with Crippen molar-refractivity contribution in [3.05, 3.63) is 48.5 Å². The van der Waals surface area contributed by atoms with Crippen molar-refractivity contribution in [2.45, 2.75) is 0 Å². The van der Waals surface area contributed by atoms with Crippen LogP contribution in [0.2, 0.25) is 0 Å². The zero-order valence-electron chi connectivity index (χ0n) is 10.1. The van der Waals surface area contributed by atoms with Gasteiger partial charge in [0, 0.05) is 16.4 Å². The standard InChI is InChI=1S/C14H12N4O/c15-11-8-4-7-10(12(11)16)13-14(19-18-17-13)9-5-2-1-3-6-9/h1-8H,15-16H2. The molecule has 94 valence electrons. The van der Waals surface area contributed by atoms with Gasteiger partial charge in [0.15, 0.2) is 5.76 Å². The first-order chi connectivity index (χ1) is 9.27. The van der Waals surface area contributed by atoms with Crippen molar-refractivity contribution < 1.29 is 4.52 Å². The van der Waals surface area contributed by atoms with E-state index in [0.717, 1.165) is 11.1 Å². The number of para-hydroxylation sites is 1. The number of benzene rings is 2. The molecule has 0 saturated carbocycles. The smallest absolute Gasteiger partial charge is 0.195 e. The zero-order chi connectivity index (χ0) is 13.2. The van der Waals surface area contributed by atoms with Crippen molar-refractivity contribution >= 4 is 11.4 Å². The van der Waals surface area contributed by atoms with Gasteiger partial charge in [-0.05, 0) is 6.07 Å². The van der Waals surface area contributed by atoms with Crippen molar-refractivity contribution in [2.24, 2.45) is 0 Å². The number of nitrogens with two attached hydrogens (primary N) is 2. The van der Waals surface area contributed by atoms with Crippen molar-refractivity contribution in [3.63, 3.8) is 0 Å². The van der Waals surface area contributed by atoms with Gasteiger partial charge in [-0.25, -0.2) is 0 Å². The maximum atomic E-state index is 5.99. The molecule has 0 radical (unpaired) electrons. The van der Waals surface area contributed by atoms with Crippen LogP contribution in [0.4, 0.5) is 11.4 Å². The van der Waals surface area contributed by atoms with Crippen LogP contribution in [0.1, 0.15) is 0 Å². The third-order valence-electron chi connectivity index (χ3n) is 2.92. The van der Waals surface area contributed by atoms with Gasteiger partial charge in [0.25, 0.3) is 0 Å². The maximum Gasteiger partial charge on any atom is 0.195 e. The molecule has 0 fully saturated rings. The second-order valence-corrected chi connectivity index (χ2v) is 4.13. The highest BCUT2D eigenvalue weighted by molar-refractivity contribution is 5.87. The van der Waals surface area contributed by atoms with Crippen LogP contribution in [0.3, 0.4) is 0 Å². The average molecular weight is 252 g/mol. The minimum absolute atomic E-state index is 0.482. The van der Waals surface area contributed by atoms with Crippen molar-refractivity contribution in [2.75, 3.05) is 11.5 Å². The van der Waals surface area contributed by atoms with Crippen molar-refractivity contribution in [3.8, 4) is 22.6 Å². The summed E-state index contributed by atoms with van der Waals surface area (Å²) >= 11 is 0. The van der Waals surface area contributed by atoms with E-state index in [2.05, 4.69) is 10.4 Å². The molecule has 0 spiro atoms. The fourth-order valence-corrected chi connectivity index (χ4v) is 1.94. The molecule has 0 amide bonds. The summed E-state index contributed by atoms with van der Waals surface area (Å²) in [5.74, 6) is 0.581. The Labute approximate surface area is 109 Å². The summed E-state index contributed by atoms with van der Waals surface area (Å²) in [6, 6.07) is 15.0. The van der Waals surface area contributed by atoms with Gasteiger partial charge >= 0.3 is 0 Å². The highest BCUT2D eigenvalue weighted by atomic mass is 16.5. The van der Waals surface area contributed by atoms with E-state index in [1.165, 1.54) is 0 Å². The lowest BCUT2D eigenvalue weighted by Gasteiger charge is -2.06. The van der Waals surface area contributed by atoms with Gasteiger partial charge in [0.05, 0.1) is 11.4 Å². The van der Waals surface area contributed by atoms with Gasteiger partial charge in [-0.1, -0.05) is 42.5 Å². The van der Waals surface area contributed by atoms with Crippen LogP contribution in [0.5, 0.6) is 0 Å². The predicted octanol–water partition coefficient (Wildman–Crippen LogP) is 2.57. The second-order valence-electron chi connectivity index (χ2n) is 4.13. The molecule has 0 saturated heterocycles. The molecule has 4 N–H and O–H groups in total. The summed E-state index contributed by atoms with van der Waals surface area (Å²) in [6.07, 6.45) is 0. The minimum atomic E-state index is 0.482. The minimum Gasteiger partial charge on any atom is -0.397 e. The summed E-state index contributed by atoms with van der Waals surface area (Å²) in [4.78, 5) is 0. The first-order valence-electron chi connectivity index (χ1n) is 5.79. The normalized spacial score (nSPS) is 10.5. The molecule has 1 aromatic heterocycles. The highest BCUT2D eigenvalue weighted by Gasteiger charge is 2.17. The van der Waals surface area contributed by atoms with Gasteiger partial charge in [-0.2, -0.15) is 0 Å². The molecule has 1 heterocycles. The monoisotopic (exact) mass is 252 g/mol. The Kier molecular flexibility index (Phi) is 2.64. The van der Waals surface area contributed by atoms with E-state index in [1.54, 1.807) is 6.07 Å². The van der Waals surface area contributed by atoms with Gasteiger partial charge in [0.1, 0.15) is 5.69 Å². The number of nitrogens with zero attached hydrogens (tertiary/aromatic N) is 2. The lowest BCUT2D eigenvalue weighted by atomic mass is 10.0. The Morgan fingerprint density at radius 1 is 0.895 bits per heavy atom. The van der Waals surface area contributed by atoms with E-state index in [-0.39, 0.29) is 0 Å². The molecule has 0 aliphatic rings. The molecule has 0 unspecified atom stereocenters. The Bertz CT molecular complexity index is 706. The summed E-state index contributed by atoms with van der Waals surface area (Å²) < 4.78 is 5.24. The Morgan fingerprint density at radius 3 is 2.47 bits per heavy atom. The number of rotatable bonds is 2. The number of aromatic nitrogens is 2. The van der Waals surface area contributed by atoms with E-state index in [0.29, 0.717) is 22.8 Å². The van der Waals surface area contributed by atoms with E-state index in [9.17, 15) is 0 Å². The van der Waals surface area contributed by atoms with Gasteiger partial charge in [-0.3, -0.25) is 0 Å². The molecular weight excluding hydrogens is 240 g/mol. The molecular formula is C14H12N4O. The summed E-state index contributed by atoms with van der Waals surface area (Å²) in [5, 5.41) is 7.64. The maximum absolute atomic E-state index is 5.99. The lowest BCUT2D eigenvalue weighted by molar-refractivity contribution is 0.403. The van der Waals surface area contributed by atoms with Crippen LogP contribution in [0.25, 0.3) is 22.6 Å². The Balaban J connectivity index is 2.18. The predicted molar refractivity (Wildman–Crippen MR) is 74.0 cm³/mol. The summed E-state index contributed by atoms with van der Waals surface area (Å²) in [6.45, 7) is 0. The topological polar surface area (TPSA) is 91.0 Å². The summed E-state index contributed by atoms with van der Waals surface area (Å²) in [7, 11) is 0. The van der Waals surface area contributed by atoms with E-state index < -0.39 is 0 Å². The number of hydrogen-bond donors (Lipinski definition) is 2. The number of anilines is 2. The highest BCUT2D eigenvalue weighted by Crippen LogP contribution is 2.35. The number of nitrogen functional groups attached to an aromatic ring is 2. The zero-order valence-corrected chi connectivity index (χ0v) is 10.1. The van der Waals surface area contributed by atoms with Gasteiger partial charge in [0.2, 0.25) is 0 Å². The Hall–Kier alpha value is -2.82. The van der Waals surface area contributed by atoms with Crippen molar-refractivity contribution in [1.29, 1.82) is 0 Å². The third-order valence-corrected chi connectivity index (χ3v) is 2.92. The van der Waals surface area contributed by atoms with Crippen LogP contribution >= 0.6 is 0 Å². The van der Waals surface area contributed by atoms with E-state index >= 15 is 0 Å². The van der Waals surface area contributed by atoms with Crippen LogP contribution in [-0.2, 0) is 0 Å². The van der Waals surface area contributed by atoms with Gasteiger partial charge < -0.3 is 16.0 Å².